The Morgan fingerprint density at radius 1 is 1.31 bits per heavy atom. The summed E-state index contributed by atoms with van der Waals surface area (Å²) in [4.78, 5) is 3.09. The van der Waals surface area contributed by atoms with Crippen LogP contribution in [-0.4, -0.2) is 11.6 Å². The lowest BCUT2D eigenvalue weighted by Gasteiger charge is -2.19. The van der Waals surface area contributed by atoms with Crippen LogP contribution in [0.2, 0.25) is 0 Å². The Bertz CT molecular complexity index is 257. The summed E-state index contributed by atoms with van der Waals surface area (Å²) in [7, 11) is 0. The van der Waals surface area contributed by atoms with Crippen LogP contribution in [0.25, 0.3) is 0 Å². The molecule has 0 radical (unpaired) electrons. The fourth-order valence-electron chi connectivity index (χ4n) is 1.27. The van der Waals surface area contributed by atoms with Gasteiger partial charge < -0.3 is 9.72 Å². The highest BCUT2D eigenvalue weighted by Crippen LogP contribution is 2.30. The SMILES string of the molecule is CCCOc1c[nH]cc1C(C)(C)C. The third-order valence-electron chi connectivity index (χ3n) is 1.98. The van der Waals surface area contributed by atoms with Gasteiger partial charge >= 0.3 is 0 Å². The van der Waals surface area contributed by atoms with E-state index in [1.165, 1.54) is 5.56 Å². The van der Waals surface area contributed by atoms with Gasteiger partial charge in [0, 0.05) is 18.0 Å². The van der Waals surface area contributed by atoms with Gasteiger partial charge in [-0.3, -0.25) is 0 Å². The first kappa shape index (κ1) is 10.2. The number of nitrogens with one attached hydrogen (secondary N) is 1. The third kappa shape index (κ3) is 2.51. The van der Waals surface area contributed by atoms with Gasteiger partial charge in [-0.2, -0.15) is 0 Å². The molecule has 0 spiro atoms. The van der Waals surface area contributed by atoms with Crippen LogP contribution in [0.3, 0.4) is 0 Å². The predicted octanol–water partition coefficient (Wildman–Crippen LogP) is 3.10. The molecule has 0 aromatic carbocycles. The maximum atomic E-state index is 5.62. The van der Waals surface area contributed by atoms with Crippen molar-refractivity contribution >= 4 is 0 Å². The number of aromatic amines is 1. The van der Waals surface area contributed by atoms with Crippen molar-refractivity contribution < 1.29 is 4.74 Å². The second-order valence-corrected chi connectivity index (χ2v) is 4.33. The van der Waals surface area contributed by atoms with E-state index in [9.17, 15) is 0 Å². The lowest BCUT2D eigenvalue weighted by atomic mass is 9.89. The highest BCUT2D eigenvalue weighted by molar-refractivity contribution is 5.35. The molecule has 74 valence electrons. The number of ether oxygens (including phenoxy) is 1. The van der Waals surface area contributed by atoms with Crippen molar-refractivity contribution in [3.8, 4) is 5.75 Å². The average molecular weight is 181 g/mol. The number of H-pyrrole nitrogens is 1. The monoisotopic (exact) mass is 181 g/mol. The van der Waals surface area contributed by atoms with Crippen molar-refractivity contribution in [2.75, 3.05) is 6.61 Å². The lowest BCUT2D eigenvalue weighted by molar-refractivity contribution is 0.310. The zero-order valence-corrected chi connectivity index (χ0v) is 8.98. The molecule has 0 aliphatic carbocycles. The van der Waals surface area contributed by atoms with E-state index in [1.54, 1.807) is 0 Å². The molecule has 0 bridgehead atoms. The fourth-order valence-corrected chi connectivity index (χ4v) is 1.27. The zero-order chi connectivity index (χ0) is 9.90. The third-order valence-corrected chi connectivity index (χ3v) is 1.98. The van der Waals surface area contributed by atoms with Crippen LogP contribution in [0, 0.1) is 0 Å². The first-order valence-electron chi connectivity index (χ1n) is 4.85. The molecule has 2 heteroatoms. The largest absolute Gasteiger partial charge is 0.492 e. The smallest absolute Gasteiger partial charge is 0.140 e. The Labute approximate surface area is 80.3 Å². The number of rotatable bonds is 3. The highest BCUT2D eigenvalue weighted by Gasteiger charge is 2.19. The normalized spacial score (nSPS) is 11.7. The van der Waals surface area contributed by atoms with Crippen LogP contribution in [-0.2, 0) is 5.41 Å². The van der Waals surface area contributed by atoms with Crippen molar-refractivity contribution in [1.29, 1.82) is 0 Å². The summed E-state index contributed by atoms with van der Waals surface area (Å²) in [5, 5.41) is 0. The molecule has 1 N–H and O–H groups in total. The summed E-state index contributed by atoms with van der Waals surface area (Å²) in [6.07, 6.45) is 5.00. The van der Waals surface area contributed by atoms with Crippen LogP contribution in [0.5, 0.6) is 5.75 Å². The van der Waals surface area contributed by atoms with E-state index in [2.05, 4.69) is 32.7 Å². The van der Waals surface area contributed by atoms with Crippen molar-refractivity contribution in [2.24, 2.45) is 0 Å². The second-order valence-electron chi connectivity index (χ2n) is 4.33. The van der Waals surface area contributed by atoms with Crippen LogP contribution in [0.4, 0.5) is 0 Å². The van der Waals surface area contributed by atoms with Crippen molar-refractivity contribution in [3.63, 3.8) is 0 Å². The van der Waals surface area contributed by atoms with Gasteiger partial charge in [-0.25, -0.2) is 0 Å². The molecule has 1 aromatic rings. The van der Waals surface area contributed by atoms with E-state index < -0.39 is 0 Å². The van der Waals surface area contributed by atoms with E-state index >= 15 is 0 Å². The van der Waals surface area contributed by atoms with E-state index in [1.807, 2.05) is 12.4 Å². The molecule has 0 amide bonds. The summed E-state index contributed by atoms with van der Waals surface area (Å²) in [6, 6.07) is 0. The molecule has 2 nitrogen and oxygen atoms in total. The summed E-state index contributed by atoms with van der Waals surface area (Å²) in [5.41, 5.74) is 1.41. The molecule has 1 rings (SSSR count). The van der Waals surface area contributed by atoms with Crippen LogP contribution < -0.4 is 4.74 Å². The van der Waals surface area contributed by atoms with Gasteiger partial charge in [0.15, 0.2) is 0 Å². The molecule has 0 atom stereocenters. The molecule has 13 heavy (non-hydrogen) atoms. The van der Waals surface area contributed by atoms with Gasteiger partial charge in [0.2, 0.25) is 0 Å². The van der Waals surface area contributed by atoms with Crippen LogP contribution in [0.1, 0.15) is 39.7 Å². The van der Waals surface area contributed by atoms with E-state index in [0.29, 0.717) is 0 Å². The van der Waals surface area contributed by atoms with Crippen molar-refractivity contribution in [1.82, 2.24) is 4.98 Å². The molecule has 0 aliphatic heterocycles. The second kappa shape index (κ2) is 3.86. The molecular formula is C11H19NO. The van der Waals surface area contributed by atoms with Crippen molar-refractivity contribution in [2.45, 2.75) is 39.5 Å². The van der Waals surface area contributed by atoms with Gasteiger partial charge in [0.05, 0.1) is 6.61 Å². The minimum Gasteiger partial charge on any atom is -0.492 e. The Kier molecular flexibility index (Phi) is 3.02. The van der Waals surface area contributed by atoms with E-state index in [4.69, 9.17) is 4.74 Å². The molecule has 0 aliphatic rings. The highest BCUT2D eigenvalue weighted by atomic mass is 16.5. The van der Waals surface area contributed by atoms with Crippen LogP contribution in [0.15, 0.2) is 12.4 Å². The predicted molar refractivity (Wildman–Crippen MR) is 55.3 cm³/mol. The van der Waals surface area contributed by atoms with Gasteiger partial charge in [-0.15, -0.1) is 0 Å². The number of aromatic nitrogens is 1. The van der Waals surface area contributed by atoms with Crippen LogP contribution >= 0.6 is 0 Å². The minimum atomic E-state index is 0.156. The molecule has 0 saturated heterocycles. The molecular weight excluding hydrogens is 162 g/mol. The standard InChI is InChI=1S/C11H19NO/c1-5-6-13-10-8-12-7-9(10)11(2,3)4/h7-8,12H,5-6H2,1-4H3. The molecule has 1 aromatic heterocycles. The summed E-state index contributed by atoms with van der Waals surface area (Å²) < 4.78 is 5.62. The first-order chi connectivity index (χ1) is 6.05. The Balaban J connectivity index is 2.77. The Hall–Kier alpha value is -0.920. The summed E-state index contributed by atoms with van der Waals surface area (Å²) >= 11 is 0. The fraction of sp³-hybridized carbons (Fsp3) is 0.636. The van der Waals surface area contributed by atoms with Gasteiger partial charge in [-0.1, -0.05) is 27.7 Å². The summed E-state index contributed by atoms with van der Waals surface area (Å²) in [6.45, 7) is 9.48. The molecule has 0 saturated carbocycles. The summed E-state index contributed by atoms with van der Waals surface area (Å²) in [5.74, 6) is 0.995. The van der Waals surface area contributed by atoms with Gasteiger partial charge in [0.1, 0.15) is 5.75 Å². The minimum absolute atomic E-state index is 0.156. The Morgan fingerprint density at radius 3 is 2.54 bits per heavy atom. The van der Waals surface area contributed by atoms with E-state index in [-0.39, 0.29) is 5.41 Å². The number of hydrogen-bond acceptors (Lipinski definition) is 1. The topological polar surface area (TPSA) is 25.0 Å². The van der Waals surface area contributed by atoms with Crippen molar-refractivity contribution in [3.05, 3.63) is 18.0 Å². The maximum Gasteiger partial charge on any atom is 0.140 e. The quantitative estimate of drug-likeness (QED) is 0.761. The number of hydrogen-bond donors (Lipinski definition) is 1. The molecule has 0 fully saturated rings. The van der Waals surface area contributed by atoms with E-state index in [0.717, 1.165) is 18.8 Å². The Morgan fingerprint density at radius 2 is 2.00 bits per heavy atom. The maximum absolute atomic E-state index is 5.62. The average Bonchev–Trinajstić information content (AvgIpc) is 2.47. The molecule has 0 unspecified atom stereocenters. The zero-order valence-electron chi connectivity index (χ0n) is 8.98. The van der Waals surface area contributed by atoms with Gasteiger partial charge in [0.25, 0.3) is 0 Å². The first-order valence-corrected chi connectivity index (χ1v) is 4.85. The van der Waals surface area contributed by atoms with Gasteiger partial charge in [-0.05, 0) is 11.8 Å². The molecule has 1 heterocycles. The lowest BCUT2D eigenvalue weighted by Crippen LogP contribution is -2.11.